The Labute approximate surface area is 605 Å². The van der Waals surface area contributed by atoms with Crippen molar-refractivity contribution in [2.24, 2.45) is 11.8 Å². The summed E-state index contributed by atoms with van der Waals surface area (Å²) in [5.41, 5.74) is 2.43. The molecule has 17 N–H and O–H groups in total. The first-order chi connectivity index (χ1) is 49.4. The van der Waals surface area contributed by atoms with Gasteiger partial charge in [-0.25, -0.2) is 4.79 Å². The highest BCUT2D eigenvalue weighted by Crippen LogP contribution is 2.41. The van der Waals surface area contributed by atoms with Gasteiger partial charge in [-0.2, -0.15) is 0 Å². The van der Waals surface area contributed by atoms with Crippen molar-refractivity contribution < 1.29 is 107 Å². The second kappa shape index (κ2) is 35.7. The Bertz CT molecular complexity index is 3650. The van der Waals surface area contributed by atoms with Crippen LogP contribution in [0.4, 0.5) is 10.5 Å². The highest BCUT2D eigenvalue weighted by atomic mass is 32.3. The number of amides is 8. The summed E-state index contributed by atoms with van der Waals surface area (Å²) in [6, 6.07) is 4.38. The molecule has 1 saturated carbocycles. The number of β-amino-alcohol motifs (C(OH)–C–C–N with tert-alkyl or cyclic N) is 1. The topological polar surface area (TPSA) is 500 Å². The minimum Gasteiger partial charge on any atom is -0.504 e. The van der Waals surface area contributed by atoms with Crippen LogP contribution in [0.1, 0.15) is 81.6 Å². The Kier molecular flexibility index (Phi) is 27.4. The van der Waals surface area contributed by atoms with Crippen LogP contribution in [0.25, 0.3) is 21.1 Å². The van der Waals surface area contributed by atoms with E-state index in [4.69, 9.17) is 4.74 Å². The number of anilines is 1. The fraction of sp³-hybridized carbons (Fsp3) is 0.559. The van der Waals surface area contributed by atoms with Gasteiger partial charge in [0.1, 0.15) is 52.9 Å². The number of phenolic OH excluding ortho intramolecular Hbond substituents is 1. The second-order valence-electron chi connectivity index (χ2n) is 27.2. The van der Waals surface area contributed by atoms with E-state index in [0.29, 0.717) is 21.6 Å². The summed E-state index contributed by atoms with van der Waals surface area (Å²) < 4.78 is 38.7. The van der Waals surface area contributed by atoms with Crippen molar-refractivity contribution in [3.8, 4) is 32.6 Å². The van der Waals surface area contributed by atoms with Crippen molar-refractivity contribution in [2.75, 3.05) is 77.1 Å². The average molecular weight is 1500 g/mol. The van der Waals surface area contributed by atoms with E-state index in [1.807, 2.05) is 12.1 Å². The number of aliphatic hydroxyl groups is 8. The Balaban J connectivity index is 0.991. The molecule has 3 aromatic carbocycles. The number of hydrogen-bond acceptors (Lipinski definition) is 27. The number of benzene rings is 3. The molecule has 0 spiro atoms. The van der Waals surface area contributed by atoms with Crippen molar-refractivity contribution >= 4 is 75.6 Å². The molecule has 13 atom stereocenters. The Morgan fingerprint density at radius 1 is 0.750 bits per heavy atom. The van der Waals surface area contributed by atoms with Crippen LogP contribution in [-0.4, -0.2) is 294 Å². The third-order valence-corrected chi connectivity index (χ3v) is 21.0. The molecule has 36 heteroatoms. The van der Waals surface area contributed by atoms with Crippen LogP contribution >= 0.6 is 22.5 Å². The summed E-state index contributed by atoms with van der Waals surface area (Å²) >= 11 is -3.46. The van der Waals surface area contributed by atoms with Crippen LogP contribution in [-0.2, 0) is 39.9 Å². The van der Waals surface area contributed by atoms with Crippen LogP contribution in [0.3, 0.4) is 0 Å². The predicted octanol–water partition coefficient (Wildman–Crippen LogP) is -0.888. The molecule has 8 amide bonds. The standard InChI is InChI=1S/C68H94N12O22S2/c1-5-26-101-68(97)78(45(34-81)35-82)21-20-51(87)56-67(96)80-32-37(3)58(89)57(80)63(94)69-31-46(84)29-48(70-59(90)40-9-11-41(12-10-40)64-74-75-65(103-64)42-13-17-44(18-14-42)77-24-22-76(23-25-77)43-15-6-36(2)7-16-43)60(91)71-54(38(4)83)66(95)79-33-47(85)30-49(79)61(92)72-55(62(93)73-56)52(88)27-39-8-19-50(86)53(28-39)102-104(98,99)100/h5,8-14,17-19,28,36-38,43,45-49,51-52,54-58,81-89,98-100H,1,6-7,15-16,20-27,29-35H2,2-4H3,(H,69,94)(H,70,90)(H,71,91)(H,72,92)(H,73,93)/t36?,37-,38+,43?,46+,47+,48?,49-,51+,52+,54-,55-,56-,57-,58-/m0/s1. The van der Waals surface area contributed by atoms with Gasteiger partial charge < -0.3 is 101 Å². The summed E-state index contributed by atoms with van der Waals surface area (Å²) in [5.74, 6) is -10.2. The molecule has 4 aromatic rings. The zero-order chi connectivity index (χ0) is 75.4. The number of nitrogens with one attached hydrogen (secondary N) is 5. The molecule has 4 aliphatic heterocycles. The molecule has 34 nitrogen and oxygen atoms in total. The number of ether oxygens (including phenoxy) is 1. The first-order valence-electron chi connectivity index (χ1n) is 34.5. The van der Waals surface area contributed by atoms with Crippen LogP contribution in [0.5, 0.6) is 11.5 Å². The Morgan fingerprint density at radius 2 is 1.37 bits per heavy atom. The highest BCUT2D eigenvalue weighted by Gasteiger charge is 2.50. The van der Waals surface area contributed by atoms with E-state index in [9.17, 15) is 88.4 Å². The minimum atomic E-state index is -4.78. The highest BCUT2D eigenvalue weighted by molar-refractivity contribution is 8.15. The number of nitrogens with zero attached hydrogens (tertiary/aromatic N) is 7. The second-order valence-corrected chi connectivity index (χ2v) is 29.3. The molecule has 4 saturated heterocycles. The molecule has 104 heavy (non-hydrogen) atoms. The summed E-state index contributed by atoms with van der Waals surface area (Å²) in [4.78, 5) is 124. The normalized spacial score (nSPS) is 26.9. The van der Waals surface area contributed by atoms with Gasteiger partial charge in [0.2, 0.25) is 35.4 Å². The molecule has 5 fully saturated rings. The maximum absolute atomic E-state index is 15.2. The Hall–Kier alpha value is -8.21. The van der Waals surface area contributed by atoms with E-state index in [-0.39, 0.29) is 17.7 Å². The van der Waals surface area contributed by atoms with Gasteiger partial charge in [0, 0.05) is 106 Å². The smallest absolute Gasteiger partial charge is 0.410 e. The molecule has 1 aliphatic carbocycles. The number of carbonyl (C=O) groups is 8. The number of hydrogen-bond donors (Lipinski definition) is 17. The van der Waals surface area contributed by atoms with Gasteiger partial charge in [-0.1, -0.05) is 56.0 Å². The first-order valence-corrected chi connectivity index (χ1v) is 36.7. The molecule has 570 valence electrons. The third-order valence-electron chi connectivity index (χ3n) is 19.6. The lowest BCUT2D eigenvalue weighted by Gasteiger charge is -2.42. The molecular formula is C68H94N12O22S2. The molecule has 1 unspecified atom stereocenters. The maximum atomic E-state index is 15.2. The van der Waals surface area contributed by atoms with Gasteiger partial charge in [-0.3, -0.25) is 52.1 Å². The van der Waals surface area contributed by atoms with E-state index < -0.39 is 220 Å². The van der Waals surface area contributed by atoms with Gasteiger partial charge in [-0.15, -0.1) is 10.2 Å². The van der Waals surface area contributed by atoms with Crippen LogP contribution in [0.15, 0.2) is 79.4 Å². The van der Waals surface area contributed by atoms with E-state index in [1.165, 1.54) is 62.2 Å². The molecule has 0 radical (unpaired) electrons. The first kappa shape index (κ1) is 79.9. The lowest BCUT2D eigenvalue weighted by molar-refractivity contribution is -0.147. The van der Waals surface area contributed by atoms with Crippen molar-refractivity contribution in [3.63, 3.8) is 0 Å². The van der Waals surface area contributed by atoms with Gasteiger partial charge >= 0.3 is 6.09 Å². The zero-order valence-electron chi connectivity index (χ0n) is 57.7. The lowest BCUT2D eigenvalue weighted by atomic mass is 9.86. The van der Waals surface area contributed by atoms with E-state index >= 15 is 9.59 Å². The van der Waals surface area contributed by atoms with Crippen molar-refractivity contribution in [1.82, 2.24) is 56.4 Å². The van der Waals surface area contributed by atoms with Gasteiger partial charge in [-0.05, 0) is 99.0 Å². The number of aromatic nitrogens is 2. The molecule has 5 heterocycles. The van der Waals surface area contributed by atoms with Gasteiger partial charge in [0.15, 0.2) is 11.5 Å². The average Bonchev–Trinajstić information content (AvgIpc) is 1.63. The monoisotopic (exact) mass is 1490 g/mol. The fourth-order valence-corrected chi connectivity index (χ4v) is 14.9. The molecule has 9 rings (SSSR count). The summed E-state index contributed by atoms with van der Waals surface area (Å²) in [5, 5.41) is 123. The summed E-state index contributed by atoms with van der Waals surface area (Å²) in [6.45, 7) is 7.69. The Morgan fingerprint density at radius 3 is 1.98 bits per heavy atom. The summed E-state index contributed by atoms with van der Waals surface area (Å²) in [7, 11) is 0. The van der Waals surface area contributed by atoms with E-state index in [2.05, 4.69) is 76.4 Å². The third kappa shape index (κ3) is 20.0. The van der Waals surface area contributed by atoms with Crippen molar-refractivity contribution in [2.45, 2.75) is 157 Å². The number of carbonyl (C=O) groups excluding carboxylic acids is 8. The quantitative estimate of drug-likeness (QED) is 0.0450. The van der Waals surface area contributed by atoms with Crippen LogP contribution in [0.2, 0.25) is 0 Å². The summed E-state index contributed by atoms with van der Waals surface area (Å²) in [6.07, 6.45) is -8.84. The van der Waals surface area contributed by atoms with E-state index in [0.717, 1.165) is 83.2 Å². The fourth-order valence-electron chi connectivity index (χ4n) is 13.7. The number of piperazine rings is 1. The van der Waals surface area contributed by atoms with Crippen molar-refractivity contribution in [3.05, 3.63) is 90.5 Å². The predicted molar refractivity (Wildman–Crippen MR) is 376 cm³/mol. The SMILES string of the molecule is C=CCOC(=O)N(CC[C@@H](O)[C@@H]1NC(=O)[C@H]([C@H](O)Cc2ccc(O)c(OS(O)(O)O)c2)NC(=O)[C@@H]2C[C@@H](O)CN2C(=O)[C@H]([C@@H](C)O)NC(=O)C(NC(=O)c2ccc(-c3nnc(-c4ccc(N5CCN(C6CCC(C)CC6)CC5)cc4)s3)cc2)C[C@@H](O)CNC(=O)[C@@H]2[C@@H](O)[C@@H](C)CN2C1=O)C(CO)CO. The van der Waals surface area contributed by atoms with Crippen LogP contribution < -0.4 is 35.7 Å². The number of aliphatic hydroxyl groups excluding tert-OH is 8. The van der Waals surface area contributed by atoms with E-state index in [1.54, 1.807) is 12.1 Å². The number of rotatable bonds is 21. The van der Waals surface area contributed by atoms with Gasteiger partial charge in [0.05, 0.1) is 55.9 Å². The zero-order valence-corrected chi connectivity index (χ0v) is 59.3. The van der Waals surface area contributed by atoms with Crippen LogP contribution in [0, 0.1) is 11.8 Å². The number of phenols is 1. The van der Waals surface area contributed by atoms with Crippen molar-refractivity contribution in [1.29, 1.82) is 0 Å². The molecular weight excluding hydrogens is 1400 g/mol. The largest absolute Gasteiger partial charge is 0.504 e. The number of fused-ring (bicyclic) bond motifs is 2. The minimum absolute atomic E-state index is 0.00933. The van der Waals surface area contributed by atoms with Gasteiger partial charge in [0.25, 0.3) is 17.1 Å². The molecule has 5 aliphatic rings. The maximum Gasteiger partial charge on any atom is 0.410 e. The molecule has 1 aromatic heterocycles. The molecule has 0 bridgehead atoms. The number of aromatic hydroxyl groups is 1. The lowest BCUT2D eigenvalue weighted by Crippen LogP contribution is -2.64.